The number of benzene rings is 1. The number of ether oxygens (including phenoxy) is 1. The maximum atomic E-state index is 12.1. The number of carbonyl (C=O) groups is 1. The Bertz CT molecular complexity index is 663. The van der Waals surface area contributed by atoms with Gasteiger partial charge in [-0.25, -0.2) is 13.2 Å². The van der Waals surface area contributed by atoms with Crippen LogP contribution < -0.4 is 10.1 Å². The van der Waals surface area contributed by atoms with Gasteiger partial charge in [-0.3, -0.25) is 0 Å². The van der Waals surface area contributed by atoms with Gasteiger partial charge in [0.05, 0.1) is 18.6 Å². The summed E-state index contributed by atoms with van der Waals surface area (Å²) in [5.74, 6) is 0.797. The SMILES string of the molecule is COc1ccc(Cl)cc1CNC(=O)N(C)C1CCS(=O)(=O)C1. The van der Waals surface area contributed by atoms with Crippen LogP contribution in [0.4, 0.5) is 4.79 Å². The third-order valence-electron chi connectivity index (χ3n) is 3.75. The number of methoxy groups -OCH3 is 1. The number of nitrogens with one attached hydrogen (secondary N) is 1. The van der Waals surface area contributed by atoms with E-state index in [1.807, 2.05) is 0 Å². The van der Waals surface area contributed by atoms with E-state index in [1.54, 1.807) is 32.4 Å². The summed E-state index contributed by atoms with van der Waals surface area (Å²) in [6, 6.07) is 4.58. The summed E-state index contributed by atoms with van der Waals surface area (Å²) in [6.45, 7) is 0.256. The van der Waals surface area contributed by atoms with Crippen molar-refractivity contribution in [2.24, 2.45) is 0 Å². The van der Waals surface area contributed by atoms with Gasteiger partial charge in [-0.15, -0.1) is 0 Å². The molecule has 0 radical (unpaired) electrons. The van der Waals surface area contributed by atoms with Gasteiger partial charge in [0, 0.05) is 30.2 Å². The number of sulfone groups is 1. The van der Waals surface area contributed by atoms with Gasteiger partial charge in [0.25, 0.3) is 0 Å². The van der Waals surface area contributed by atoms with E-state index in [1.165, 1.54) is 4.90 Å². The molecule has 1 aliphatic heterocycles. The Morgan fingerprint density at radius 1 is 1.50 bits per heavy atom. The van der Waals surface area contributed by atoms with E-state index in [-0.39, 0.29) is 30.1 Å². The van der Waals surface area contributed by atoms with E-state index in [2.05, 4.69) is 5.32 Å². The average Bonchev–Trinajstić information content (AvgIpc) is 2.84. The minimum atomic E-state index is -3.02. The average molecular weight is 347 g/mol. The summed E-state index contributed by atoms with van der Waals surface area (Å²) in [5, 5.41) is 3.31. The Balaban J connectivity index is 1.97. The number of carbonyl (C=O) groups excluding carboxylic acids is 1. The Labute approximate surface area is 135 Å². The summed E-state index contributed by atoms with van der Waals surface area (Å²) < 4.78 is 28.2. The van der Waals surface area contributed by atoms with Crippen molar-refractivity contribution in [3.63, 3.8) is 0 Å². The molecule has 1 aromatic rings. The van der Waals surface area contributed by atoms with E-state index >= 15 is 0 Å². The number of hydrogen-bond donors (Lipinski definition) is 1. The van der Waals surface area contributed by atoms with Gasteiger partial charge in [0.2, 0.25) is 0 Å². The molecule has 1 aliphatic rings. The molecule has 0 aliphatic carbocycles. The Kier molecular flexibility index (Phi) is 5.18. The van der Waals surface area contributed by atoms with Crippen LogP contribution in [0.15, 0.2) is 18.2 Å². The zero-order valence-electron chi connectivity index (χ0n) is 12.5. The highest BCUT2D eigenvalue weighted by atomic mass is 35.5. The summed E-state index contributed by atoms with van der Waals surface area (Å²) in [4.78, 5) is 13.6. The van der Waals surface area contributed by atoms with Crippen molar-refractivity contribution in [1.29, 1.82) is 0 Å². The number of rotatable bonds is 4. The fourth-order valence-electron chi connectivity index (χ4n) is 2.43. The smallest absolute Gasteiger partial charge is 0.317 e. The van der Waals surface area contributed by atoms with Crippen LogP contribution in [0.1, 0.15) is 12.0 Å². The van der Waals surface area contributed by atoms with Gasteiger partial charge < -0.3 is 15.0 Å². The number of amides is 2. The van der Waals surface area contributed by atoms with Crippen molar-refractivity contribution < 1.29 is 17.9 Å². The van der Waals surface area contributed by atoms with Crippen molar-refractivity contribution in [2.45, 2.75) is 19.0 Å². The fraction of sp³-hybridized carbons (Fsp3) is 0.500. The monoisotopic (exact) mass is 346 g/mol. The van der Waals surface area contributed by atoms with Crippen LogP contribution in [-0.4, -0.2) is 51.1 Å². The van der Waals surface area contributed by atoms with E-state index in [0.29, 0.717) is 17.2 Å². The predicted octanol–water partition coefficient (Wildman–Crippen LogP) is 1.68. The molecular formula is C14H19ClN2O4S. The molecular weight excluding hydrogens is 328 g/mol. The molecule has 6 nitrogen and oxygen atoms in total. The molecule has 0 saturated carbocycles. The second-order valence-electron chi connectivity index (χ2n) is 5.28. The molecule has 2 amide bonds. The van der Waals surface area contributed by atoms with Gasteiger partial charge in [0.15, 0.2) is 9.84 Å². The number of urea groups is 1. The van der Waals surface area contributed by atoms with Crippen LogP contribution in [0.3, 0.4) is 0 Å². The summed E-state index contributed by atoms with van der Waals surface area (Å²) in [7, 11) is 0.136. The first-order valence-electron chi connectivity index (χ1n) is 6.86. The van der Waals surface area contributed by atoms with Crippen molar-refractivity contribution in [3.8, 4) is 5.75 Å². The van der Waals surface area contributed by atoms with Crippen molar-refractivity contribution >= 4 is 27.5 Å². The van der Waals surface area contributed by atoms with Gasteiger partial charge in [-0.1, -0.05) is 11.6 Å². The normalized spacial score (nSPS) is 19.7. The lowest BCUT2D eigenvalue weighted by Gasteiger charge is -2.24. The Morgan fingerprint density at radius 3 is 2.82 bits per heavy atom. The molecule has 8 heteroatoms. The van der Waals surface area contributed by atoms with Gasteiger partial charge >= 0.3 is 6.03 Å². The molecule has 1 unspecified atom stereocenters. The van der Waals surface area contributed by atoms with Crippen molar-refractivity contribution in [2.75, 3.05) is 25.7 Å². The lowest BCUT2D eigenvalue weighted by Crippen LogP contribution is -2.43. The molecule has 1 saturated heterocycles. The minimum absolute atomic E-state index is 0.0252. The number of nitrogens with zero attached hydrogens (tertiary/aromatic N) is 1. The molecule has 1 heterocycles. The minimum Gasteiger partial charge on any atom is -0.496 e. The molecule has 1 aromatic carbocycles. The first-order chi connectivity index (χ1) is 10.3. The third-order valence-corrected chi connectivity index (χ3v) is 5.73. The lowest BCUT2D eigenvalue weighted by atomic mass is 10.2. The van der Waals surface area contributed by atoms with Gasteiger partial charge in [-0.05, 0) is 24.6 Å². The standard InChI is InChI=1S/C14H19ClN2O4S/c1-17(12-5-6-22(19,20)9-12)14(18)16-8-10-7-11(15)3-4-13(10)21-2/h3-4,7,12H,5-6,8-9H2,1-2H3,(H,16,18). The Hall–Kier alpha value is -1.47. The highest BCUT2D eigenvalue weighted by Crippen LogP contribution is 2.22. The molecule has 1 fully saturated rings. The van der Waals surface area contributed by atoms with Crippen LogP contribution >= 0.6 is 11.6 Å². The fourth-order valence-corrected chi connectivity index (χ4v) is 4.40. The molecule has 2 rings (SSSR count). The van der Waals surface area contributed by atoms with Crippen LogP contribution in [-0.2, 0) is 16.4 Å². The number of halogens is 1. The molecule has 1 N–H and O–H groups in total. The molecule has 0 bridgehead atoms. The topological polar surface area (TPSA) is 75.7 Å². The highest BCUT2D eigenvalue weighted by Gasteiger charge is 2.32. The van der Waals surface area contributed by atoms with Gasteiger partial charge in [0.1, 0.15) is 5.75 Å². The van der Waals surface area contributed by atoms with E-state index in [4.69, 9.17) is 16.3 Å². The first-order valence-corrected chi connectivity index (χ1v) is 9.06. The molecule has 1 atom stereocenters. The Morgan fingerprint density at radius 2 is 2.23 bits per heavy atom. The second-order valence-corrected chi connectivity index (χ2v) is 7.95. The summed E-state index contributed by atoms with van der Waals surface area (Å²) in [5.41, 5.74) is 0.760. The van der Waals surface area contributed by atoms with Crippen molar-refractivity contribution in [1.82, 2.24) is 10.2 Å². The zero-order valence-corrected chi connectivity index (χ0v) is 14.1. The van der Waals surface area contributed by atoms with Crippen LogP contribution in [0, 0.1) is 0 Å². The maximum Gasteiger partial charge on any atom is 0.317 e. The highest BCUT2D eigenvalue weighted by molar-refractivity contribution is 7.91. The largest absolute Gasteiger partial charge is 0.496 e. The predicted molar refractivity (Wildman–Crippen MR) is 85.1 cm³/mol. The molecule has 22 heavy (non-hydrogen) atoms. The van der Waals surface area contributed by atoms with E-state index in [9.17, 15) is 13.2 Å². The van der Waals surface area contributed by atoms with Crippen LogP contribution in [0.2, 0.25) is 5.02 Å². The molecule has 0 aromatic heterocycles. The van der Waals surface area contributed by atoms with Crippen LogP contribution in [0.25, 0.3) is 0 Å². The van der Waals surface area contributed by atoms with E-state index < -0.39 is 9.84 Å². The molecule has 0 spiro atoms. The first kappa shape index (κ1) is 16.9. The lowest BCUT2D eigenvalue weighted by molar-refractivity contribution is 0.194. The van der Waals surface area contributed by atoms with E-state index in [0.717, 1.165) is 5.56 Å². The second kappa shape index (κ2) is 6.75. The molecule has 122 valence electrons. The maximum absolute atomic E-state index is 12.1. The summed E-state index contributed by atoms with van der Waals surface area (Å²) >= 11 is 5.94. The third kappa shape index (κ3) is 4.04. The van der Waals surface area contributed by atoms with Crippen LogP contribution in [0.5, 0.6) is 5.75 Å². The van der Waals surface area contributed by atoms with Gasteiger partial charge in [-0.2, -0.15) is 0 Å². The summed E-state index contributed by atoms with van der Waals surface area (Å²) in [6.07, 6.45) is 0.479. The quantitative estimate of drug-likeness (QED) is 0.900. The zero-order chi connectivity index (χ0) is 16.3. The van der Waals surface area contributed by atoms with Crippen molar-refractivity contribution in [3.05, 3.63) is 28.8 Å². The number of hydrogen-bond acceptors (Lipinski definition) is 4.